The van der Waals surface area contributed by atoms with Gasteiger partial charge in [0.05, 0.1) is 5.56 Å². The van der Waals surface area contributed by atoms with E-state index in [1.165, 1.54) is 11.3 Å². The summed E-state index contributed by atoms with van der Waals surface area (Å²) in [6.45, 7) is 0. The summed E-state index contributed by atoms with van der Waals surface area (Å²) in [4.78, 5) is 25.5. The molecule has 132 valence electrons. The molecule has 0 atom stereocenters. The van der Waals surface area contributed by atoms with Crippen LogP contribution in [0.2, 0.25) is 0 Å². The molecule has 0 spiro atoms. The molecule has 7 heteroatoms. The van der Waals surface area contributed by atoms with Crippen molar-refractivity contribution in [2.75, 3.05) is 5.32 Å². The number of amides is 2. The molecule has 3 aromatic rings. The largest absolute Gasteiger partial charge is 0.451 e. The van der Waals surface area contributed by atoms with Gasteiger partial charge < -0.3 is 15.5 Å². The molecule has 0 bridgehead atoms. The van der Waals surface area contributed by atoms with Gasteiger partial charge >= 0.3 is 0 Å². The third-order valence-electron chi connectivity index (χ3n) is 4.35. The lowest BCUT2D eigenvalue weighted by Gasteiger charge is -2.04. The van der Waals surface area contributed by atoms with Crippen LogP contribution in [-0.2, 0) is 12.8 Å². The maximum absolute atomic E-state index is 12.6. The quantitative estimate of drug-likeness (QED) is 0.633. The number of hydrogen-bond acceptors (Lipinski definition) is 4. The first-order valence-corrected chi connectivity index (χ1v) is 9.75. The van der Waals surface area contributed by atoms with Crippen molar-refractivity contribution in [3.05, 3.63) is 62.6 Å². The van der Waals surface area contributed by atoms with E-state index in [1.54, 1.807) is 12.1 Å². The number of nitrogens with two attached hydrogens (primary N) is 1. The molecule has 1 aliphatic carbocycles. The number of furan rings is 1. The van der Waals surface area contributed by atoms with Gasteiger partial charge in [-0.25, -0.2) is 0 Å². The number of hydrogen-bond donors (Lipinski definition) is 2. The molecular formula is C19H15BrN2O3S. The highest BCUT2D eigenvalue weighted by molar-refractivity contribution is 9.10. The summed E-state index contributed by atoms with van der Waals surface area (Å²) in [6, 6.07) is 11.0. The Morgan fingerprint density at radius 2 is 1.88 bits per heavy atom. The van der Waals surface area contributed by atoms with E-state index in [-0.39, 0.29) is 5.76 Å². The predicted molar refractivity (Wildman–Crippen MR) is 105 cm³/mol. The molecule has 1 aliphatic rings. The Balaban J connectivity index is 1.58. The van der Waals surface area contributed by atoms with Crippen LogP contribution >= 0.6 is 27.3 Å². The monoisotopic (exact) mass is 430 g/mol. The van der Waals surface area contributed by atoms with Gasteiger partial charge in [-0.2, -0.15) is 0 Å². The molecule has 1 aromatic carbocycles. The van der Waals surface area contributed by atoms with E-state index < -0.39 is 11.8 Å². The number of rotatable bonds is 4. The summed E-state index contributed by atoms with van der Waals surface area (Å²) >= 11 is 4.81. The molecule has 0 aliphatic heterocycles. The first-order valence-electron chi connectivity index (χ1n) is 8.14. The molecule has 4 rings (SSSR count). The number of carbonyl (C=O) groups is 2. The molecule has 0 saturated carbocycles. The van der Waals surface area contributed by atoms with Gasteiger partial charge in [-0.1, -0.05) is 28.1 Å². The van der Waals surface area contributed by atoms with Gasteiger partial charge in [-0.15, -0.1) is 11.3 Å². The third-order valence-corrected chi connectivity index (χ3v) is 6.09. The number of aryl methyl sites for hydroxylation is 1. The van der Waals surface area contributed by atoms with Gasteiger partial charge in [-0.05, 0) is 49.1 Å². The van der Waals surface area contributed by atoms with Crippen molar-refractivity contribution in [2.45, 2.75) is 19.3 Å². The van der Waals surface area contributed by atoms with Crippen LogP contribution in [0.1, 0.15) is 37.8 Å². The van der Waals surface area contributed by atoms with Gasteiger partial charge in [0.1, 0.15) is 10.8 Å². The topological polar surface area (TPSA) is 85.3 Å². The maximum atomic E-state index is 12.6. The number of benzene rings is 1. The van der Waals surface area contributed by atoms with Gasteiger partial charge in [0, 0.05) is 14.9 Å². The van der Waals surface area contributed by atoms with Crippen LogP contribution in [0.4, 0.5) is 5.00 Å². The number of thiophene rings is 1. The Labute approximate surface area is 162 Å². The molecule has 0 radical (unpaired) electrons. The maximum Gasteiger partial charge on any atom is 0.292 e. The second kappa shape index (κ2) is 6.74. The van der Waals surface area contributed by atoms with Gasteiger partial charge in [0.15, 0.2) is 5.76 Å². The van der Waals surface area contributed by atoms with Crippen LogP contribution in [-0.4, -0.2) is 11.8 Å². The van der Waals surface area contributed by atoms with Crippen LogP contribution in [0.25, 0.3) is 11.3 Å². The molecule has 5 nitrogen and oxygen atoms in total. The van der Waals surface area contributed by atoms with Crippen molar-refractivity contribution in [3.63, 3.8) is 0 Å². The normalized spacial score (nSPS) is 12.8. The number of anilines is 1. The Kier molecular flexibility index (Phi) is 4.42. The fourth-order valence-corrected chi connectivity index (χ4v) is 4.70. The number of nitrogens with one attached hydrogen (secondary N) is 1. The second-order valence-corrected chi connectivity index (χ2v) is 8.07. The van der Waals surface area contributed by atoms with Crippen molar-refractivity contribution < 1.29 is 14.0 Å². The van der Waals surface area contributed by atoms with E-state index in [1.807, 2.05) is 24.3 Å². The summed E-state index contributed by atoms with van der Waals surface area (Å²) in [6.07, 6.45) is 2.77. The smallest absolute Gasteiger partial charge is 0.292 e. The average molecular weight is 431 g/mol. The third kappa shape index (κ3) is 3.08. The number of primary amides is 1. The summed E-state index contributed by atoms with van der Waals surface area (Å²) < 4.78 is 6.65. The molecule has 26 heavy (non-hydrogen) atoms. The minimum absolute atomic E-state index is 0.187. The minimum atomic E-state index is -0.505. The number of fused-ring (bicyclic) bond motifs is 1. The molecule has 2 heterocycles. The second-order valence-electron chi connectivity index (χ2n) is 6.05. The fourth-order valence-electron chi connectivity index (χ4n) is 3.15. The van der Waals surface area contributed by atoms with Crippen molar-refractivity contribution in [2.24, 2.45) is 5.73 Å². The van der Waals surface area contributed by atoms with E-state index in [9.17, 15) is 9.59 Å². The zero-order valence-corrected chi connectivity index (χ0v) is 16.1. The van der Waals surface area contributed by atoms with Crippen LogP contribution in [0.3, 0.4) is 0 Å². The van der Waals surface area contributed by atoms with Gasteiger partial charge in [-0.3, -0.25) is 9.59 Å². The highest BCUT2D eigenvalue weighted by Crippen LogP contribution is 2.39. The molecule has 0 unspecified atom stereocenters. The first-order chi connectivity index (χ1) is 12.5. The lowest BCUT2D eigenvalue weighted by Crippen LogP contribution is -2.17. The predicted octanol–water partition coefficient (Wildman–Crippen LogP) is 4.61. The standard InChI is InChI=1S/C19H15BrN2O3S/c20-11-6-4-10(5-7-11)13-8-9-14(25-13)18(24)22-19-16(17(21)23)12-2-1-3-15(12)26-19/h4-9H,1-3H2,(H2,21,23)(H,22,24). The van der Waals surface area contributed by atoms with Crippen LogP contribution in [0, 0.1) is 0 Å². The zero-order chi connectivity index (χ0) is 18.3. The Morgan fingerprint density at radius 3 is 2.62 bits per heavy atom. The van der Waals surface area contributed by atoms with Crippen molar-refractivity contribution in [1.29, 1.82) is 0 Å². The lowest BCUT2D eigenvalue weighted by molar-refractivity contribution is 0.0998. The van der Waals surface area contributed by atoms with Crippen molar-refractivity contribution in [3.8, 4) is 11.3 Å². The van der Waals surface area contributed by atoms with Crippen LogP contribution in [0.5, 0.6) is 0 Å². The SMILES string of the molecule is NC(=O)c1c(NC(=O)c2ccc(-c3ccc(Br)cc3)o2)sc2c1CCC2. The highest BCUT2D eigenvalue weighted by atomic mass is 79.9. The highest BCUT2D eigenvalue weighted by Gasteiger charge is 2.26. The lowest BCUT2D eigenvalue weighted by atomic mass is 10.1. The summed E-state index contributed by atoms with van der Waals surface area (Å²) in [5, 5.41) is 3.30. The van der Waals surface area contributed by atoms with Crippen molar-refractivity contribution in [1.82, 2.24) is 0 Å². The molecular weight excluding hydrogens is 416 g/mol. The summed E-state index contributed by atoms with van der Waals surface area (Å²) in [7, 11) is 0. The van der Waals surface area contributed by atoms with E-state index in [2.05, 4.69) is 21.2 Å². The summed E-state index contributed by atoms with van der Waals surface area (Å²) in [5.74, 6) is -0.108. The van der Waals surface area contributed by atoms with Crippen LogP contribution < -0.4 is 11.1 Å². The van der Waals surface area contributed by atoms with Crippen LogP contribution in [0.15, 0.2) is 45.3 Å². The number of carbonyl (C=O) groups excluding carboxylic acids is 2. The van der Waals surface area contributed by atoms with E-state index in [4.69, 9.17) is 10.2 Å². The Morgan fingerprint density at radius 1 is 1.12 bits per heavy atom. The zero-order valence-electron chi connectivity index (χ0n) is 13.7. The number of halogens is 1. The Hall–Kier alpha value is -2.38. The molecule has 2 aromatic heterocycles. The van der Waals surface area contributed by atoms with E-state index >= 15 is 0 Å². The molecule has 2 amide bonds. The average Bonchev–Trinajstić information content (AvgIpc) is 3.30. The molecule has 0 fully saturated rings. The van der Waals surface area contributed by atoms with Gasteiger partial charge in [0.25, 0.3) is 11.8 Å². The fraction of sp³-hybridized carbons (Fsp3) is 0.158. The van der Waals surface area contributed by atoms with E-state index in [0.29, 0.717) is 16.3 Å². The molecule has 0 saturated heterocycles. The Bertz CT molecular complexity index is 1000. The molecule has 3 N–H and O–H groups in total. The minimum Gasteiger partial charge on any atom is -0.451 e. The summed E-state index contributed by atoms with van der Waals surface area (Å²) in [5.41, 5.74) is 7.82. The first kappa shape index (κ1) is 17.1. The van der Waals surface area contributed by atoms with Crippen molar-refractivity contribution >= 4 is 44.1 Å². The van der Waals surface area contributed by atoms with Gasteiger partial charge in [0.2, 0.25) is 0 Å². The van der Waals surface area contributed by atoms with E-state index in [0.717, 1.165) is 39.7 Å².